The summed E-state index contributed by atoms with van der Waals surface area (Å²) in [5.41, 5.74) is 0.766. The summed E-state index contributed by atoms with van der Waals surface area (Å²) >= 11 is 0. The van der Waals surface area contributed by atoms with E-state index >= 15 is 0 Å². The molecule has 4 nitrogen and oxygen atoms in total. The van der Waals surface area contributed by atoms with E-state index in [-0.39, 0.29) is 5.91 Å². The van der Waals surface area contributed by atoms with Crippen molar-refractivity contribution >= 4 is 17.6 Å². The zero-order valence-corrected chi connectivity index (χ0v) is 10.6. The maximum absolute atomic E-state index is 12.2. The number of carbonyl (C=O) groups is 2. The van der Waals surface area contributed by atoms with E-state index < -0.39 is 11.4 Å². The Kier molecular flexibility index (Phi) is 3.11. The Morgan fingerprint density at radius 2 is 1.83 bits per heavy atom. The van der Waals surface area contributed by atoms with Crippen LogP contribution in [0.15, 0.2) is 24.3 Å². The third kappa shape index (κ3) is 1.98. The number of aryl methyl sites for hydroxylation is 1. The third-order valence-electron chi connectivity index (χ3n) is 3.61. The molecule has 1 fully saturated rings. The average molecular weight is 247 g/mol. The van der Waals surface area contributed by atoms with E-state index in [4.69, 9.17) is 5.11 Å². The molecule has 1 aliphatic carbocycles. The van der Waals surface area contributed by atoms with Gasteiger partial charge in [-0.15, -0.1) is 0 Å². The third-order valence-corrected chi connectivity index (χ3v) is 3.61. The fourth-order valence-corrected chi connectivity index (χ4v) is 2.04. The lowest BCUT2D eigenvalue weighted by Crippen LogP contribution is -2.38. The number of hydrogen-bond donors (Lipinski definition) is 1. The summed E-state index contributed by atoms with van der Waals surface area (Å²) in [6.07, 6.45) is 1.83. The van der Waals surface area contributed by atoms with Crippen LogP contribution in [0, 0.1) is 5.41 Å². The summed E-state index contributed by atoms with van der Waals surface area (Å²) in [7, 11) is 1.63. The van der Waals surface area contributed by atoms with Crippen LogP contribution in [0.2, 0.25) is 0 Å². The van der Waals surface area contributed by atoms with Crippen LogP contribution in [0.4, 0.5) is 5.69 Å². The van der Waals surface area contributed by atoms with Crippen molar-refractivity contribution in [3.8, 4) is 0 Å². The van der Waals surface area contributed by atoms with Crippen molar-refractivity contribution in [1.29, 1.82) is 0 Å². The number of nitrogens with zero attached hydrogens (tertiary/aromatic N) is 1. The fourth-order valence-electron chi connectivity index (χ4n) is 2.04. The molecule has 0 radical (unpaired) electrons. The molecule has 0 spiro atoms. The summed E-state index contributed by atoms with van der Waals surface area (Å²) in [5, 5.41) is 9.10. The van der Waals surface area contributed by atoms with E-state index in [2.05, 4.69) is 6.92 Å². The Balaban J connectivity index is 2.18. The Hall–Kier alpha value is -1.84. The molecular formula is C14H17NO3. The smallest absolute Gasteiger partial charge is 0.319 e. The van der Waals surface area contributed by atoms with Crippen molar-refractivity contribution in [2.45, 2.75) is 26.2 Å². The molecule has 96 valence electrons. The van der Waals surface area contributed by atoms with Crippen molar-refractivity contribution in [3.05, 3.63) is 29.8 Å². The van der Waals surface area contributed by atoms with Gasteiger partial charge < -0.3 is 10.0 Å². The first-order valence-corrected chi connectivity index (χ1v) is 6.12. The molecule has 1 saturated carbocycles. The predicted octanol–water partition coefficient (Wildman–Crippen LogP) is 2.08. The first kappa shape index (κ1) is 12.6. The minimum Gasteiger partial charge on any atom is -0.480 e. The molecule has 1 N–H and O–H groups in total. The lowest BCUT2D eigenvalue weighted by Gasteiger charge is -2.21. The Morgan fingerprint density at radius 1 is 1.28 bits per heavy atom. The average Bonchev–Trinajstić information content (AvgIpc) is 3.18. The number of rotatable bonds is 4. The zero-order chi connectivity index (χ0) is 13.3. The van der Waals surface area contributed by atoms with Crippen molar-refractivity contribution in [1.82, 2.24) is 0 Å². The fraction of sp³-hybridized carbons (Fsp3) is 0.429. The van der Waals surface area contributed by atoms with Gasteiger partial charge in [0.15, 0.2) is 0 Å². The summed E-state index contributed by atoms with van der Waals surface area (Å²) in [6.45, 7) is 2.06. The van der Waals surface area contributed by atoms with Gasteiger partial charge in [-0.25, -0.2) is 0 Å². The molecule has 0 unspecified atom stereocenters. The number of carboxylic acid groups (broad SMARTS) is 1. The van der Waals surface area contributed by atoms with Crippen LogP contribution in [0.25, 0.3) is 0 Å². The molecule has 0 atom stereocenters. The van der Waals surface area contributed by atoms with Gasteiger partial charge in [0.05, 0.1) is 0 Å². The van der Waals surface area contributed by atoms with E-state index in [1.807, 2.05) is 24.3 Å². The summed E-state index contributed by atoms with van der Waals surface area (Å²) in [6, 6.07) is 7.63. The Labute approximate surface area is 106 Å². The van der Waals surface area contributed by atoms with E-state index in [0.29, 0.717) is 12.8 Å². The maximum Gasteiger partial charge on any atom is 0.319 e. The van der Waals surface area contributed by atoms with Crippen LogP contribution in [0.5, 0.6) is 0 Å². The molecule has 4 heteroatoms. The van der Waals surface area contributed by atoms with Crippen LogP contribution >= 0.6 is 0 Å². The molecule has 18 heavy (non-hydrogen) atoms. The lowest BCUT2D eigenvalue weighted by atomic mass is 10.1. The van der Waals surface area contributed by atoms with E-state index in [1.165, 1.54) is 10.5 Å². The van der Waals surface area contributed by atoms with Crippen molar-refractivity contribution in [2.24, 2.45) is 5.41 Å². The second-order valence-corrected chi connectivity index (χ2v) is 4.77. The quantitative estimate of drug-likeness (QED) is 0.829. The first-order valence-electron chi connectivity index (χ1n) is 6.12. The molecule has 0 bridgehead atoms. The highest BCUT2D eigenvalue weighted by Gasteiger charge is 2.58. The standard InChI is InChI=1S/C14H17NO3/c1-3-10-4-6-11(7-5-10)15(2)12(16)14(8-9-14)13(17)18/h4-7H,3,8-9H2,1-2H3,(H,17,18). The van der Waals surface area contributed by atoms with Crippen LogP contribution in [-0.4, -0.2) is 24.0 Å². The molecule has 1 aromatic rings. The number of anilines is 1. The number of carboxylic acids is 1. The molecule has 1 amide bonds. The molecule has 2 rings (SSSR count). The molecule has 0 saturated heterocycles. The summed E-state index contributed by atoms with van der Waals surface area (Å²) in [5.74, 6) is -1.33. The second-order valence-electron chi connectivity index (χ2n) is 4.77. The largest absolute Gasteiger partial charge is 0.480 e. The Bertz CT molecular complexity index is 474. The highest BCUT2D eigenvalue weighted by molar-refractivity contribution is 6.11. The number of hydrogen-bond acceptors (Lipinski definition) is 2. The molecule has 1 aromatic carbocycles. The van der Waals surface area contributed by atoms with Crippen LogP contribution in [-0.2, 0) is 16.0 Å². The van der Waals surface area contributed by atoms with Crippen molar-refractivity contribution < 1.29 is 14.7 Å². The second kappa shape index (κ2) is 4.44. The normalized spacial score (nSPS) is 16.1. The van der Waals surface area contributed by atoms with E-state index in [1.54, 1.807) is 7.05 Å². The maximum atomic E-state index is 12.2. The van der Waals surface area contributed by atoms with Crippen LogP contribution < -0.4 is 4.90 Å². The highest BCUT2D eigenvalue weighted by atomic mass is 16.4. The SMILES string of the molecule is CCc1ccc(N(C)C(=O)C2(C(=O)O)CC2)cc1. The molecule has 1 aliphatic rings. The van der Waals surface area contributed by atoms with Gasteiger partial charge in [0, 0.05) is 12.7 Å². The molecule has 0 heterocycles. The van der Waals surface area contributed by atoms with Crippen molar-refractivity contribution in [3.63, 3.8) is 0 Å². The summed E-state index contributed by atoms with van der Waals surface area (Å²) in [4.78, 5) is 24.7. The topological polar surface area (TPSA) is 57.6 Å². The highest BCUT2D eigenvalue weighted by Crippen LogP contribution is 2.47. The lowest BCUT2D eigenvalue weighted by molar-refractivity contribution is -0.148. The number of carbonyl (C=O) groups excluding carboxylic acids is 1. The van der Waals surface area contributed by atoms with Gasteiger partial charge >= 0.3 is 5.97 Å². The van der Waals surface area contributed by atoms with Gasteiger partial charge in [-0.05, 0) is 37.0 Å². The van der Waals surface area contributed by atoms with Crippen molar-refractivity contribution in [2.75, 3.05) is 11.9 Å². The molecule has 0 aliphatic heterocycles. The van der Waals surface area contributed by atoms with Crippen LogP contribution in [0.3, 0.4) is 0 Å². The predicted molar refractivity (Wildman–Crippen MR) is 68.5 cm³/mol. The first-order chi connectivity index (χ1) is 8.51. The van der Waals surface area contributed by atoms with Gasteiger partial charge in [-0.1, -0.05) is 19.1 Å². The number of aliphatic carboxylic acids is 1. The van der Waals surface area contributed by atoms with Gasteiger partial charge in [-0.2, -0.15) is 0 Å². The minimum absolute atomic E-state index is 0.320. The zero-order valence-electron chi connectivity index (χ0n) is 10.6. The number of amides is 1. The van der Waals surface area contributed by atoms with Crippen LogP contribution in [0.1, 0.15) is 25.3 Å². The van der Waals surface area contributed by atoms with E-state index in [9.17, 15) is 9.59 Å². The molecule has 0 aromatic heterocycles. The molecular weight excluding hydrogens is 230 g/mol. The minimum atomic E-state index is -1.17. The summed E-state index contributed by atoms with van der Waals surface area (Å²) < 4.78 is 0. The van der Waals surface area contributed by atoms with Gasteiger partial charge in [0.1, 0.15) is 5.41 Å². The number of benzene rings is 1. The monoisotopic (exact) mass is 247 g/mol. The van der Waals surface area contributed by atoms with Gasteiger partial charge in [-0.3, -0.25) is 9.59 Å². The van der Waals surface area contributed by atoms with E-state index in [0.717, 1.165) is 12.1 Å². The van der Waals surface area contributed by atoms with Gasteiger partial charge in [0.25, 0.3) is 0 Å². The Morgan fingerprint density at radius 3 is 2.22 bits per heavy atom. The van der Waals surface area contributed by atoms with Gasteiger partial charge in [0.2, 0.25) is 5.91 Å².